The van der Waals surface area contributed by atoms with E-state index in [2.05, 4.69) is 12.2 Å². The highest BCUT2D eigenvalue weighted by atomic mass is 19.1. The Balaban J connectivity index is 2.13. The van der Waals surface area contributed by atoms with Crippen LogP contribution < -0.4 is 14.8 Å². The summed E-state index contributed by atoms with van der Waals surface area (Å²) in [5, 5.41) is 3.18. The summed E-state index contributed by atoms with van der Waals surface area (Å²) >= 11 is 0. The van der Waals surface area contributed by atoms with E-state index < -0.39 is 0 Å². The van der Waals surface area contributed by atoms with Gasteiger partial charge < -0.3 is 14.8 Å². The van der Waals surface area contributed by atoms with Crippen molar-refractivity contribution in [3.8, 4) is 11.5 Å². The van der Waals surface area contributed by atoms with Crippen LogP contribution in [0, 0.1) is 5.82 Å². The Kier molecular flexibility index (Phi) is 5.17. The van der Waals surface area contributed by atoms with Gasteiger partial charge in [0.1, 0.15) is 23.9 Å². The topological polar surface area (TPSA) is 30.5 Å². The molecule has 4 heteroatoms. The molecule has 1 atom stereocenters. The molecule has 1 N–H and O–H groups in total. The van der Waals surface area contributed by atoms with Crippen LogP contribution in [0.25, 0.3) is 0 Å². The van der Waals surface area contributed by atoms with E-state index >= 15 is 0 Å². The van der Waals surface area contributed by atoms with Gasteiger partial charge in [0.2, 0.25) is 0 Å². The smallest absolute Gasteiger partial charge is 0.133 e. The third-order valence-corrected chi connectivity index (χ3v) is 3.46. The Hall–Kier alpha value is -2.07. The second-order valence-corrected chi connectivity index (χ2v) is 4.79. The lowest BCUT2D eigenvalue weighted by molar-refractivity contribution is 0.293. The maximum Gasteiger partial charge on any atom is 0.133 e. The molecule has 0 aliphatic carbocycles. The van der Waals surface area contributed by atoms with Gasteiger partial charge in [-0.2, -0.15) is 0 Å². The average molecular weight is 289 g/mol. The summed E-state index contributed by atoms with van der Waals surface area (Å²) in [4.78, 5) is 0. The number of ether oxygens (including phenoxy) is 2. The standard InChI is InChI=1S/C17H20FNO2/c1-12(19-2)15-6-4-5-7-17(15)21-11-13-8-9-14(20-3)10-16(13)18/h4-10,12,19H,11H2,1-3H3. The first-order valence-electron chi connectivity index (χ1n) is 6.87. The summed E-state index contributed by atoms with van der Waals surface area (Å²) in [7, 11) is 3.41. The summed E-state index contributed by atoms with van der Waals surface area (Å²) in [5.41, 5.74) is 1.55. The van der Waals surface area contributed by atoms with Crippen molar-refractivity contribution in [3.05, 3.63) is 59.4 Å². The Labute approximate surface area is 124 Å². The lowest BCUT2D eigenvalue weighted by Gasteiger charge is -2.16. The largest absolute Gasteiger partial charge is 0.497 e. The molecule has 0 saturated heterocycles. The predicted molar refractivity (Wildman–Crippen MR) is 81.2 cm³/mol. The van der Waals surface area contributed by atoms with Gasteiger partial charge in [-0.1, -0.05) is 18.2 Å². The number of hydrogen-bond acceptors (Lipinski definition) is 3. The van der Waals surface area contributed by atoms with Crippen molar-refractivity contribution in [2.24, 2.45) is 0 Å². The number of hydrogen-bond donors (Lipinski definition) is 1. The van der Waals surface area contributed by atoms with Gasteiger partial charge in [-0.3, -0.25) is 0 Å². The normalized spacial score (nSPS) is 12.0. The lowest BCUT2D eigenvalue weighted by atomic mass is 10.1. The van der Waals surface area contributed by atoms with Crippen LogP contribution in [0.15, 0.2) is 42.5 Å². The molecule has 0 bridgehead atoms. The molecule has 0 heterocycles. The van der Waals surface area contributed by atoms with Crippen LogP contribution in [-0.4, -0.2) is 14.2 Å². The van der Waals surface area contributed by atoms with Crippen molar-refractivity contribution in [2.75, 3.05) is 14.2 Å². The fraction of sp³-hybridized carbons (Fsp3) is 0.294. The van der Waals surface area contributed by atoms with Crippen LogP contribution in [0.4, 0.5) is 4.39 Å². The van der Waals surface area contributed by atoms with Gasteiger partial charge in [0.15, 0.2) is 0 Å². The zero-order valence-corrected chi connectivity index (χ0v) is 12.5. The summed E-state index contributed by atoms with van der Waals surface area (Å²) < 4.78 is 24.7. The molecule has 0 spiro atoms. The van der Waals surface area contributed by atoms with Crippen LogP contribution >= 0.6 is 0 Å². The van der Waals surface area contributed by atoms with Crippen LogP contribution in [0.1, 0.15) is 24.1 Å². The molecule has 0 radical (unpaired) electrons. The minimum atomic E-state index is -0.325. The maximum absolute atomic E-state index is 13.9. The van der Waals surface area contributed by atoms with E-state index in [0.717, 1.165) is 11.3 Å². The monoisotopic (exact) mass is 289 g/mol. The van der Waals surface area contributed by atoms with Gasteiger partial charge in [-0.15, -0.1) is 0 Å². The van der Waals surface area contributed by atoms with E-state index in [4.69, 9.17) is 9.47 Å². The molecule has 2 rings (SSSR count). The van der Waals surface area contributed by atoms with E-state index in [-0.39, 0.29) is 18.5 Å². The lowest BCUT2D eigenvalue weighted by Crippen LogP contribution is -2.13. The fourth-order valence-corrected chi connectivity index (χ4v) is 2.05. The van der Waals surface area contributed by atoms with E-state index in [1.165, 1.54) is 13.2 Å². The summed E-state index contributed by atoms with van der Waals surface area (Å²) in [6.45, 7) is 2.24. The third kappa shape index (κ3) is 3.73. The molecule has 2 aromatic carbocycles. The fourth-order valence-electron chi connectivity index (χ4n) is 2.05. The summed E-state index contributed by atoms with van der Waals surface area (Å²) in [5.74, 6) is 0.934. The average Bonchev–Trinajstić information content (AvgIpc) is 2.53. The quantitative estimate of drug-likeness (QED) is 0.879. The second kappa shape index (κ2) is 7.09. The van der Waals surface area contributed by atoms with Crippen molar-refractivity contribution in [1.82, 2.24) is 5.32 Å². The minimum absolute atomic E-state index is 0.168. The van der Waals surface area contributed by atoms with Gasteiger partial charge in [-0.05, 0) is 32.2 Å². The van der Waals surface area contributed by atoms with Crippen molar-refractivity contribution in [1.29, 1.82) is 0 Å². The Bertz CT molecular complexity index is 601. The zero-order valence-electron chi connectivity index (χ0n) is 12.5. The molecular formula is C17H20FNO2. The van der Waals surface area contributed by atoms with E-state index in [0.29, 0.717) is 11.3 Å². The van der Waals surface area contributed by atoms with E-state index in [9.17, 15) is 4.39 Å². The SMILES string of the molecule is CNC(C)c1ccccc1OCc1ccc(OC)cc1F. The van der Waals surface area contributed by atoms with Gasteiger partial charge in [0.05, 0.1) is 7.11 Å². The molecule has 0 aliphatic rings. The minimum Gasteiger partial charge on any atom is -0.497 e. The molecule has 2 aromatic rings. The molecule has 21 heavy (non-hydrogen) atoms. The first-order chi connectivity index (χ1) is 10.2. The molecule has 0 fully saturated rings. The van der Waals surface area contributed by atoms with Gasteiger partial charge >= 0.3 is 0 Å². The molecule has 0 saturated carbocycles. The van der Waals surface area contributed by atoms with Crippen LogP contribution in [-0.2, 0) is 6.61 Å². The molecule has 0 amide bonds. The molecule has 0 aromatic heterocycles. The van der Waals surface area contributed by atoms with Gasteiger partial charge in [0.25, 0.3) is 0 Å². The molecule has 0 aliphatic heterocycles. The Morgan fingerprint density at radius 2 is 1.95 bits per heavy atom. The molecule has 112 valence electrons. The van der Waals surface area contributed by atoms with Crippen LogP contribution in [0.2, 0.25) is 0 Å². The Morgan fingerprint density at radius 3 is 2.62 bits per heavy atom. The van der Waals surface area contributed by atoms with Crippen molar-refractivity contribution in [3.63, 3.8) is 0 Å². The third-order valence-electron chi connectivity index (χ3n) is 3.46. The maximum atomic E-state index is 13.9. The molecule has 3 nitrogen and oxygen atoms in total. The number of halogens is 1. The first kappa shape index (κ1) is 15.3. The summed E-state index contributed by atoms with van der Waals surface area (Å²) in [6.07, 6.45) is 0. The Morgan fingerprint density at radius 1 is 1.19 bits per heavy atom. The predicted octanol–water partition coefficient (Wildman–Crippen LogP) is 3.69. The van der Waals surface area contributed by atoms with Crippen molar-refractivity contribution in [2.45, 2.75) is 19.6 Å². The highest BCUT2D eigenvalue weighted by molar-refractivity contribution is 5.36. The van der Waals surface area contributed by atoms with Crippen molar-refractivity contribution < 1.29 is 13.9 Å². The van der Waals surface area contributed by atoms with Gasteiger partial charge in [-0.25, -0.2) is 4.39 Å². The highest BCUT2D eigenvalue weighted by Gasteiger charge is 2.11. The summed E-state index contributed by atoms with van der Waals surface area (Å²) in [6, 6.07) is 12.7. The number of rotatable bonds is 6. The number of nitrogens with one attached hydrogen (secondary N) is 1. The molecular weight excluding hydrogens is 269 g/mol. The second-order valence-electron chi connectivity index (χ2n) is 4.79. The number of methoxy groups -OCH3 is 1. The highest BCUT2D eigenvalue weighted by Crippen LogP contribution is 2.26. The van der Waals surface area contributed by atoms with Crippen molar-refractivity contribution >= 4 is 0 Å². The first-order valence-corrected chi connectivity index (χ1v) is 6.87. The van der Waals surface area contributed by atoms with Crippen LogP contribution in [0.5, 0.6) is 11.5 Å². The number of para-hydroxylation sites is 1. The van der Waals surface area contributed by atoms with Crippen LogP contribution in [0.3, 0.4) is 0 Å². The zero-order chi connectivity index (χ0) is 15.2. The molecule has 1 unspecified atom stereocenters. The number of benzene rings is 2. The van der Waals surface area contributed by atoms with E-state index in [1.807, 2.05) is 31.3 Å². The van der Waals surface area contributed by atoms with Gasteiger partial charge in [0, 0.05) is 23.2 Å². The van der Waals surface area contributed by atoms with E-state index in [1.54, 1.807) is 12.1 Å².